The van der Waals surface area contributed by atoms with Crippen molar-refractivity contribution in [1.82, 2.24) is 5.32 Å². The zero-order valence-electron chi connectivity index (χ0n) is 8.79. The second kappa shape index (κ2) is 4.64. The van der Waals surface area contributed by atoms with Gasteiger partial charge in [0.1, 0.15) is 5.75 Å². The zero-order valence-corrected chi connectivity index (χ0v) is 10.4. The van der Waals surface area contributed by atoms with Crippen LogP contribution in [0.15, 0.2) is 18.2 Å². The smallest absolute Gasteiger partial charge is 0.137 e. The number of thioether (sulfide) groups is 1. The molecule has 1 aromatic carbocycles. The SMILES string of the molecule is COc1ccc(C2NCC(C)S2)cc1Cl. The van der Waals surface area contributed by atoms with E-state index in [0.717, 1.165) is 12.3 Å². The molecule has 82 valence electrons. The van der Waals surface area contributed by atoms with Crippen molar-refractivity contribution < 1.29 is 4.74 Å². The predicted octanol–water partition coefficient (Wildman–Crippen LogP) is 3.07. The highest BCUT2D eigenvalue weighted by molar-refractivity contribution is 8.00. The first-order chi connectivity index (χ1) is 7.20. The van der Waals surface area contributed by atoms with Crippen LogP contribution in [0.2, 0.25) is 5.02 Å². The van der Waals surface area contributed by atoms with Crippen LogP contribution >= 0.6 is 23.4 Å². The Labute approximate surface area is 99.3 Å². The fourth-order valence-corrected chi connectivity index (χ4v) is 3.06. The van der Waals surface area contributed by atoms with E-state index in [1.807, 2.05) is 23.9 Å². The third kappa shape index (κ3) is 2.41. The van der Waals surface area contributed by atoms with E-state index in [1.165, 1.54) is 5.56 Å². The Morgan fingerprint density at radius 2 is 2.33 bits per heavy atom. The zero-order chi connectivity index (χ0) is 10.8. The van der Waals surface area contributed by atoms with Gasteiger partial charge in [0.25, 0.3) is 0 Å². The molecule has 0 amide bonds. The maximum atomic E-state index is 6.08. The highest BCUT2D eigenvalue weighted by atomic mass is 35.5. The summed E-state index contributed by atoms with van der Waals surface area (Å²) in [6.07, 6.45) is 0. The number of methoxy groups -OCH3 is 1. The summed E-state index contributed by atoms with van der Waals surface area (Å²) >= 11 is 8.01. The molecule has 0 radical (unpaired) electrons. The van der Waals surface area contributed by atoms with Gasteiger partial charge in [-0.15, -0.1) is 11.8 Å². The first-order valence-electron chi connectivity index (χ1n) is 4.93. The second-order valence-corrected chi connectivity index (χ2v) is 5.58. The third-order valence-corrected chi connectivity index (χ3v) is 4.08. The van der Waals surface area contributed by atoms with Crippen molar-refractivity contribution in [3.8, 4) is 5.75 Å². The van der Waals surface area contributed by atoms with E-state index in [1.54, 1.807) is 7.11 Å². The summed E-state index contributed by atoms with van der Waals surface area (Å²) in [7, 11) is 1.63. The second-order valence-electron chi connectivity index (χ2n) is 3.63. The average molecular weight is 244 g/mol. The fraction of sp³-hybridized carbons (Fsp3) is 0.455. The molecular weight excluding hydrogens is 230 g/mol. The first-order valence-corrected chi connectivity index (χ1v) is 6.25. The molecular formula is C11H14ClNOS. The van der Waals surface area contributed by atoms with E-state index >= 15 is 0 Å². The normalized spacial score (nSPS) is 25.5. The van der Waals surface area contributed by atoms with E-state index in [0.29, 0.717) is 15.6 Å². The summed E-state index contributed by atoms with van der Waals surface area (Å²) in [4.78, 5) is 0. The monoisotopic (exact) mass is 243 g/mol. The Morgan fingerprint density at radius 3 is 2.87 bits per heavy atom. The number of ether oxygens (including phenoxy) is 1. The topological polar surface area (TPSA) is 21.3 Å². The number of rotatable bonds is 2. The van der Waals surface area contributed by atoms with Gasteiger partial charge in [0.15, 0.2) is 0 Å². The summed E-state index contributed by atoms with van der Waals surface area (Å²) in [6.45, 7) is 3.28. The van der Waals surface area contributed by atoms with E-state index in [2.05, 4.69) is 18.3 Å². The number of nitrogens with one attached hydrogen (secondary N) is 1. The lowest BCUT2D eigenvalue weighted by molar-refractivity contribution is 0.415. The van der Waals surface area contributed by atoms with Gasteiger partial charge >= 0.3 is 0 Å². The van der Waals surface area contributed by atoms with Gasteiger partial charge in [0, 0.05) is 11.8 Å². The lowest BCUT2D eigenvalue weighted by Crippen LogP contribution is -2.13. The molecule has 1 saturated heterocycles. The first kappa shape index (κ1) is 11.1. The van der Waals surface area contributed by atoms with Crippen LogP contribution in [0.1, 0.15) is 17.9 Å². The van der Waals surface area contributed by atoms with Crippen molar-refractivity contribution in [2.45, 2.75) is 17.5 Å². The minimum Gasteiger partial charge on any atom is -0.495 e. The van der Waals surface area contributed by atoms with E-state index in [9.17, 15) is 0 Å². The molecule has 1 aliphatic rings. The summed E-state index contributed by atoms with van der Waals surface area (Å²) < 4.78 is 5.12. The highest BCUT2D eigenvalue weighted by Gasteiger charge is 2.22. The summed E-state index contributed by atoms with van der Waals surface area (Å²) in [5.74, 6) is 0.733. The predicted molar refractivity (Wildman–Crippen MR) is 65.8 cm³/mol. The van der Waals surface area contributed by atoms with Crippen LogP contribution in [0.4, 0.5) is 0 Å². The average Bonchev–Trinajstić information content (AvgIpc) is 2.65. The Balaban J connectivity index is 2.19. The lowest BCUT2D eigenvalue weighted by atomic mass is 10.2. The van der Waals surface area contributed by atoms with E-state index < -0.39 is 0 Å². The van der Waals surface area contributed by atoms with Crippen molar-refractivity contribution in [2.75, 3.05) is 13.7 Å². The third-order valence-electron chi connectivity index (χ3n) is 2.44. The minimum atomic E-state index is 0.364. The molecule has 2 nitrogen and oxygen atoms in total. The summed E-state index contributed by atoms with van der Waals surface area (Å²) in [6, 6.07) is 5.96. The molecule has 0 aliphatic carbocycles. The molecule has 1 aromatic rings. The van der Waals surface area contributed by atoms with Crippen LogP contribution in [0.5, 0.6) is 5.75 Å². The van der Waals surface area contributed by atoms with Gasteiger partial charge in [0.2, 0.25) is 0 Å². The molecule has 1 aliphatic heterocycles. The van der Waals surface area contributed by atoms with Crippen molar-refractivity contribution >= 4 is 23.4 Å². The molecule has 2 rings (SSSR count). The molecule has 0 bridgehead atoms. The van der Waals surface area contributed by atoms with Crippen LogP contribution in [0.25, 0.3) is 0 Å². The van der Waals surface area contributed by atoms with Crippen LogP contribution in [-0.2, 0) is 0 Å². The maximum absolute atomic E-state index is 6.08. The van der Waals surface area contributed by atoms with Gasteiger partial charge in [-0.3, -0.25) is 0 Å². The Bertz CT molecular complexity index is 358. The molecule has 15 heavy (non-hydrogen) atoms. The Kier molecular flexibility index (Phi) is 3.44. The van der Waals surface area contributed by atoms with Gasteiger partial charge in [-0.1, -0.05) is 24.6 Å². The molecule has 0 aromatic heterocycles. The van der Waals surface area contributed by atoms with Crippen LogP contribution in [0, 0.1) is 0 Å². The van der Waals surface area contributed by atoms with Gasteiger partial charge in [-0.05, 0) is 17.7 Å². The maximum Gasteiger partial charge on any atom is 0.137 e. The van der Waals surface area contributed by atoms with Crippen molar-refractivity contribution in [3.63, 3.8) is 0 Å². The largest absolute Gasteiger partial charge is 0.495 e. The van der Waals surface area contributed by atoms with Gasteiger partial charge < -0.3 is 10.1 Å². The Hall–Kier alpha value is -0.380. The van der Waals surface area contributed by atoms with Crippen molar-refractivity contribution in [3.05, 3.63) is 28.8 Å². The molecule has 1 N–H and O–H groups in total. The molecule has 2 atom stereocenters. The molecule has 0 saturated carbocycles. The van der Waals surface area contributed by atoms with Gasteiger partial charge in [-0.2, -0.15) is 0 Å². The van der Waals surface area contributed by atoms with E-state index in [-0.39, 0.29) is 0 Å². The van der Waals surface area contributed by atoms with Crippen molar-refractivity contribution in [2.24, 2.45) is 0 Å². The summed E-state index contributed by atoms with van der Waals surface area (Å²) in [5.41, 5.74) is 1.22. The summed E-state index contributed by atoms with van der Waals surface area (Å²) in [5, 5.41) is 5.16. The van der Waals surface area contributed by atoms with Crippen LogP contribution in [-0.4, -0.2) is 18.9 Å². The lowest BCUT2D eigenvalue weighted by Gasteiger charge is -2.11. The molecule has 4 heteroatoms. The minimum absolute atomic E-state index is 0.364. The quantitative estimate of drug-likeness (QED) is 0.863. The molecule has 2 unspecified atom stereocenters. The van der Waals surface area contributed by atoms with Gasteiger partial charge in [-0.25, -0.2) is 0 Å². The molecule has 1 heterocycles. The van der Waals surface area contributed by atoms with Crippen molar-refractivity contribution in [1.29, 1.82) is 0 Å². The highest BCUT2D eigenvalue weighted by Crippen LogP contribution is 2.37. The number of halogens is 1. The number of benzene rings is 1. The molecule has 0 spiro atoms. The Morgan fingerprint density at radius 1 is 1.53 bits per heavy atom. The van der Waals surface area contributed by atoms with Gasteiger partial charge in [0.05, 0.1) is 17.5 Å². The van der Waals surface area contributed by atoms with Crippen LogP contribution < -0.4 is 10.1 Å². The standard InChI is InChI=1S/C11H14ClNOS/c1-7-6-13-11(15-7)8-3-4-10(14-2)9(12)5-8/h3-5,7,11,13H,6H2,1-2H3. The molecule has 1 fully saturated rings. The number of hydrogen-bond acceptors (Lipinski definition) is 3. The fourth-order valence-electron chi connectivity index (χ4n) is 1.64. The van der Waals surface area contributed by atoms with E-state index in [4.69, 9.17) is 16.3 Å². The number of hydrogen-bond donors (Lipinski definition) is 1. The van der Waals surface area contributed by atoms with Crippen LogP contribution in [0.3, 0.4) is 0 Å².